The molecule has 0 aromatic carbocycles. The lowest BCUT2D eigenvalue weighted by molar-refractivity contribution is 0.0744. The summed E-state index contributed by atoms with van der Waals surface area (Å²) in [4.78, 5) is 29.5. The van der Waals surface area contributed by atoms with Crippen molar-refractivity contribution in [3.05, 3.63) is 34.9 Å². The number of aromatic nitrogens is 3. The van der Waals surface area contributed by atoms with Gasteiger partial charge in [-0.2, -0.15) is 0 Å². The molecule has 1 aliphatic rings. The van der Waals surface area contributed by atoms with Crippen molar-refractivity contribution < 1.29 is 4.79 Å². The molecule has 0 aliphatic carbocycles. The van der Waals surface area contributed by atoms with Crippen molar-refractivity contribution in [2.75, 3.05) is 31.1 Å². The van der Waals surface area contributed by atoms with E-state index in [-0.39, 0.29) is 5.91 Å². The van der Waals surface area contributed by atoms with Gasteiger partial charge in [-0.1, -0.05) is 6.92 Å². The average molecular weight is 317 g/mol. The first-order valence-electron chi connectivity index (χ1n) is 7.44. The molecule has 2 aromatic rings. The number of piperazine rings is 1. The molecule has 1 aliphatic heterocycles. The van der Waals surface area contributed by atoms with Crippen LogP contribution in [-0.4, -0.2) is 51.9 Å². The van der Waals surface area contributed by atoms with E-state index in [0.717, 1.165) is 36.0 Å². The highest BCUT2D eigenvalue weighted by atomic mass is 32.1. The van der Waals surface area contributed by atoms with Crippen molar-refractivity contribution in [1.29, 1.82) is 0 Å². The number of carbonyl (C=O) groups is 1. The van der Waals surface area contributed by atoms with Crippen molar-refractivity contribution in [3.63, 3.8) is 0 Å². The Morgan fingerprint density at radius 1 is 1.32 bits per heavy atom. The number of nitrogens with zero attached hydrogens (tertiary/aromatic N) is 5. The first kappa shape index (κ1) is 14.9. The van der Waals surface area contributed by atoms with Gasteiger partial charge in [-0.05, 0) is 13.3 Å². The second-order valence-electron chi connectivity index (χ2n) is 5.29. The summed E-state index contributed by atoms with van der Waals surface area (Å²) in [5.74, 6) is 0.0346. The second kappa shape index (κ2) is 6.39. The molecule has 0 bridgehead atoms. The zero-order valence-corrected chi connectivity index (χ0v) is 13.6. The number of aryl methyl sites for hydroxylation is 2. The number of thiazole rings is 1. The van der Waals surface area contributed by atoms with E-state index in [1.807, 2.05) is 18.7 Å². The lowest BCUT2D eigenvalue weighted by Gasteiger charge is -2.34. The molecule has 3 rings (SSSR count). The lowest BCUT2D eigenvalue weighted by Crippen LogP contribution is -2.49. The predicted molar refractivity (Wildman–Crippen MR) is 86.4 cm³/mol. The van der Waals surface area contributed by atoms with Crippen LogP contribution in [0.25, 0.3) is 0 Å². The van der Waals surface area contributed by atoms with Crippen molar-refractivity contribution in [1.82, 2.24) is 19.9 Å². The molecule has 1 amide bonds. The smallest absolute Gasteiger partial charge is 0.257 e. The first-order chi connectivity index (χ1) is 10.7. The van der Waals surface area contributed by atoms with E-state index in [4.69, 9.17) is 0 Å². The SMILES string of the molecule is CCc1ncncc1C(=O)N1CCN(c2nc(C)cs2)CC1. The molecule has 7 heteroatoms. The molecule has 1 fully saturated rings. The van der Waals surface area contributed by atoms with Gasteiger partial charge >= 0.3 is 0 Å². The number of anilines is 1. The van der Waals surface area contributed by atoms with E-state index in [0.29, 0.717) is 18.7 Å². The maximum atomic E-state index is 12.6. The number of carbonyl (C=O) groups excluding carboxylic acids is 1. The zero-order valence-electron chi connectivity index (χ0n) is 12.8. The largest absolute Gasteiger partial charge is 0.345 e. The van der Waals surface area contributed by atoms with Crippen LogP contribution >= 0.6 is 11.3 Å². The first-order valence-corrected chi connectivity index (χ1v) is 8.32. The minimum Gasteiger partial charge on any atom is -0.345 e. The highest BCUT2D eigenvalue weighted by Gasteiger charge is 2.25. The monoisotopic (exact) mass is 317 g/mol. The third-order valence-corrected chi connectivity index (χ3v) is 4.82. The fourth-order valence-electron chi connectivity index (χ4n) is 2.57. The number of hydrogen-bond acceptors (Lipinski definition) is 6. The van der Waals surface area contributed by atoms with Crippen LogP contribution in [-0.2, 0) is 6.42 Å². The zero-order chi connectivity index (χ0) is 15.5. The molecule has 6 nitrogen and oxygen atoms in total. The van der Waals surface area contributed by atoms with Gasteiger partial charge in [0.2, 0.25) is 0 Å². The Kier molecular flexibility index (Phi) is 4.33. The maximum Gasteiger partial charge on any atom is 0.257 e. The van der Waals surface area contributed by atoms with Gasteiger partial charge in [0.05, 0.1) is 17.0 Å². The quantitative estimate of drug-likeness (QED) is 0.863. The van der Waals surface area contributed by atoms with Crippen LogP contribution in [0.3, 0.4) is 0 Å². The third-order valence-electron chi connectivity index (χ3n) is 3.80. The van der Waals surface area contributed by atoms with Crippen molar-refractivity contribution >= 4 is 22.4 Å². The van der Waals surface area contributed by atoms with Crippen LogP contribution in [0, 0.1) is 6.92 Å². The van der Waals surface area contributed by atoms with Crippen LogP contribution in [0.15, 0.2) is 17.9 Å². The Labute approximate surface area is 133 Å². The number of amides is 1. The Morgan fingerprint density at radius 2 is 2.09 bits per heavy atom. The van der Waals surface area contributed by atoms with Crippen LogP contribution in [0.4, 0.5) is 5.13 Å². The minimum atomic E-state index is 0.0346. The highest BCUT2D eigenvalue weighted by molar-refractivity contribution is 7.13. The van der Waals surface area contributed by atoms with Crippen LogP contribution in [0.5, 0.6) is 0 Å². The van der Waals surface area contributed by atoms with E-state index in [1.54, 1.807) is 17.5 Å². The topological polar surface area (TPSA) is 62.2 Å². The molecular formula is C15H19N5OS. The van der Waals surface area contributed by atoms with Gasteiger partial charge < -0.3 is 9.80 Å². The van der Waals surface area contributed by atoms with E-state index in [1.165, 1.54) is 6.33 Å². The maximum absolute atomic E-state index is 12.6. The summed E-state index contributed by atoms with van der Waals surface area (Å²) in [6.45, 7) is 7.04. The minimum absolute atomic E-state index is 0.0346. The standard InChI is InChI=1S/C15H19N5OS/c1-3-13-12(8-16-10-17-13)14(21)19-4-6-20(7-5-19)15-18-11(2)9-22-15/h8-10H,3-7H2,1-2H3. The fourth-order valence-corrected chi connectivity index (χ4v) is 3.43. The Morgan fingerprint density at radius 3 is 2.73 bits per heavy atom. The van der Waals surface area contributed by atoms with E-state index >= 15 is 0 Å². The Hall–Kier alpha value is -2.02. The van der Waals surface area contributed by atoms with E-state index in [9.17, 15) is 4.79 Å². The third kappa shape index (κ3) is 2.94. The van der Waals surface area contributed by atoms with Crippen LogP contribution < -0.4 is 4.90 Å². The van der Waals surface area contributed by atoms with E-state index < -0.39 is 0 Å². The Bertz CT molecular complexity index is 663. The van der Waals surface area contributed by atoms with Crippen LogP contribution in [0.1, 0.15) is 28.7 Å². The molecule has 0 radical (unpaired) electrons. The molecule has 116 valence electrons. The van der Waals surface area contributed by atoms with Gasteiger partial charge in [0.15, 0.2) is 5.13 Å². The van der Waals surface area contributed by atoms with Gasteiger partial charge in [0.25, 0.3) is 5.91 Å². The molecule has 0 N–H and O–H groups in total. The number of rotatable bonds is 3. The summed E-state index contributed by atoms with van der Waals surface area (Å²) < 4.78 is 0. The van der Waals surface area contributed by atoms with Gasteiger partial charge in [0, 0.05) is 37.8 Å². The molecule has 0 atom stereocenters. The molecule has 0 unspecified atom stereocenters. The van der Waals surface area contributed by atoms with Gasteiger partial charge in [-0.15, -0.1) is 11.3 Å². The average Bonchev–Trinajstić information content (AvgIpc) is 3.01. The van der Waals surface area contributed by atoms with Crippen LogP contribution in [0.2, 0.25) is 0 Å². The summed E-state index contributed by atoms with van der Waals surface area (Å²) in [5, 5.41) is 3.10. The Balaban J connectivity index is 1.67. The van der Waals surface area contributed by atoms with E-state index in [2.05, 4.69) is 25.2 Å². The van der Waals surface area contributed by atoms with Crippen molar-refractivity contribution in [3.8, 4) is 0 Å². The fraction of sp³-hybridized carbons (Fsp3) is 0.467. The van der Waals surface area contributed by atoms with Crippen molar-refractivity contribution in [2.24, 2.45) is 0 Å². The molecule has 0 saturated carbocycles. The molecule has 3 heterocycles. The number of hydrogen-bond donors (Lipinski definition) is 0. The molecular weight excluding hydrogens is 298 g/mol. The normalized spacial score (nSPS) is 15.2. The summed E-state index contributed by atoms with van der Waals surface area (Å²) in [7, 11) is 0. The summed E-state index contributed by atoms with van der Waals surface area (Å²) in [6.07, 6.45) is 3.87. The van der Waals surface area contributed by atoms with Gasteiger partial charge in [-0.3, -0.25) is 4.79 Å². The lowest BCUT2D eigenvalue weighted by atomic mass is 10.1. The second-order valence-corrected chi connectivity index (χ2v) is 6.12. The molecule has 22 heavy (non-hydrogen) atoms. The summed E-state index contributed by atoms with van der Waals surface area (Å²) in [6, 6.07) is 0. The predicted octanol–water partition coefficient (Wildman–Crippen LogP) is 1.77. The van der Waals surface area contributed by atoms with Crippen molar-refractivity contribution in [2.45, 2.75) is 20.3 Å². The summed E-state index contributed by atoms with van der Waals surface area (Å²) in [5.41, 5.74) is 2.49. The highest BCUT2D eigenvalue weighted by Crippen LogP contribution is 2.22. The molecule has 2 aromatic heterocycles. The van der Waals surface area contributed by atoms with Gasteiger partial charge in [0.1, 0.15) is 6.33 Å². The molecule has 0 spiro atoms. The summed E-state index contributed by atoms with van der Waals surface area (Å²) >= 11 is 1.66. The van der Waals surface area contributed by atoms with Gasteiger partial charge in [-0.25, -0.2) is 15.0 Å². The molecule has 1 saturated heterocycles.